The van der Waals surface area contributed by atoms with Crippen LogP contribution in [0.25, 0.3) is 11.5 Å². The van der Waals surface area contributed by atoms with E-state index in [2.05, 4.69) is 30.6 Å². The summed E-state index contributed by atoms with van der Waals surface area (Å²) in [5.41, 5.74) is -1.05. The number of pyridine rings is 1. The van der Waals surface area contributed by atoms with E-state index in [0.29, 0.717) is 6.54 Å². The number of hydrogen-bond donors (Lipinski definition) is 3. The third-order valence-corrected chi connectivity index (χ3v) is 2.79. The highest BCUT2D eigenvalue weighted by molar-refractivity contribution is 5.54. The molecular formula is C14H17F3N6O. The van der Waals surface area contributed by atoms with Gasteiger partial charge in [-0.1, -0.05) is 6.07 Å². The summed E-state index contributed by atoms with van der Waals surface area (Å²) in [5, 5.41) is 15.0. The van der Waals surface area contributed by atoms with E-state index in [1.165, 1.54) is 12.1 Å². The average Bonchev–Trinajstić information content (AvgIpc) is 2.52. The van der Waals surface area contributed by atoms with Crippen molar-refractivity contribution in [1.82, 2.24) is 19.9 Å². The van der Waals surface area contributed by atoms with Crippen molar-refractivity contribution in [3.05, 3.63) is 23.9 Å². The summed E-state index contributed by atoms with van der Waals surface area (Å²) in [4.78, 5) is 15.8. The van der Waals surface area contributed by atoms with Crippen LogP contribution in [0.5, 0.6) is 0 Å². The van der Waals surface area contributed by atoms with Gasteiger partial charge in [-0.3, -0.25) is 0 Å². The van der Waals surface area contributed by atoms with Crippen LogP contribution in [0.15, 0.2) is 18.2 Å². The number of aromatic nitrogens is 4. The minimum atomic E-state index is -4.55. The number of aliphatic hydroxyl groups excluding tert-OH is 1. The Morgan fingerprint density at radius 2 is 1.75 bits per heavy atom. The third-order valence-electron chi connectivity index (χ3n) is 2.79. The van der Waals surface area contributed by atoms with Gasteiger partial charge in [0.1, 0.15) is 11.4 Å². The Balaban J connectivity index is 2.41. The van der Waals surface area contributed by atoms with Crippen LogP contribution in [-0.2, 0) is 6.18 Å². The molecule has 7 nitrogen and oxygen atoms in total. The van der Waals surface area contributed by atoms with Crippen LogP contribution < -0.4 is 10.6 Å². The first-order chi connectivity index (χ1) is 11.3. The molecule has 1 atom stereocenters. The summed E-state index contributed by atoms with van der Waals surface area (Å²) < 4.78 is 38.4. The highest BCUT2D eigenvalue weighted by Crippen LogP contribution is 2.29. The number of alkyl halides is 3. The van der Waals surface area contributed by atoms with Crippen LogP contribution in [0.2, 0.25) is 0 Å². The maximum atomic E-state index is 12.8. The molecule has 0 aliphatic heterocycles. The fourth-order valence-corrected chi connectivity index (χ4v) is 1.76. The second-order valence-corrected chi connectivity index (χ2v) is 4.97. The lowest BCUT2D eigenvalue weighted by atomic mass is 10.3. The maximum absolute atomic E-state index is 12.8. The minimum Gasteiger partial charge on any atom is -0.392 e. The average molecular weight is 342 g/mol. The first-order valence-electron chi connectivity index (χ1n) is 7.26. The van der Waals surface area contributed by atoms with Crippen LogP contribution in [-0.4, -0.2) is 44.2 Å². The van der Waals surface area contributed by atoms with E-state index < -0.39 is 18.0 Å². The molecule has 0 aliphatic rings. The summed E-state index contributed by atoms with van der Waals surface area (Å²) >= 11 is 0. The van der Waals surface area contributed by atoms with E-state index in [0.717, 1.165) is 6.07 Å². The lowest BCUT2D eigenvalue weighted by molar-refractivity contribution is -0.141. The topological polar surface area (TPSA) is 95.9 Å². The molecule has 0 spiro atoms. The van der Waals surface area contributed by atoms with Crippen molar-refractivity contribution in [2.75, 3.05) is 23.7 Å². The zero-order valence-electron chi connectivity index (χ0n) is 13.1. The van der Waals surface area contributed by atoms with Crippen LogP contribution >= 0.6 is 0 Å². The Kier molecular flexibility index (Phi) is 5.50. The van der Waals surface area contributed by atoms with Gasteiger partial charge in [0.05, 0.1) is 6.10 Å². The predicted molar refractivity (Wildman–Crippen MR) is 82.4 cm³/mol. The molecule has 10 heteroatoms. The molecule has 2 rings (SSSR count). The molecule has 2 aromatic heterocycles. The van der Waals surface area contributed by atoms with E-state index in [1.54, 1.807) is 6.92 Å². The molecule has 1 unspecified atom stereocenters. The van der Waals surface area contributed by atoms with Gasteiger partial charge in [-0.2, -0.15) is 28.1 Å². The molecule has 2 heterocycles. The highest BCUT2D eigenvalue weighted by atomic mass is 19.4. The summed E-state index contributed by atoms with van der Waals surface area (Å²) in [6.07, 6.45) is -5.19. The molecule has 0 aromatic carbocycles. The van der Waals surface area contributed by atoms with Gasteiger partial charge in [0.25, 0.3) is 0 Å². The van der Waals surface area contributed by atoms with Crippen LogP contribution in [0.4, 0.5) is 25.1 Å². The summed E-state index contributed by atoms with van der Waals surface area (Å²) in [6.45, 7) is 4.11. The normalized spacial score (nSPS) is 12.8. The quantitative estimate of drug-likeness (QED) is 0.740. The Morgan fingerprint density at radius 1 is 1.08 bits per heavy atom. The van der Waals surface area contributed by atoms with E-state index in [9.17, 15) is 18.3 Å². The molecule has 2 aromatic rings. The monoisotopic (exact) mass is 342 g/mol. The second-order valence-electron chi connectivity index (χ2n) is 4.97. The molecule has 0 amide bonds. The number of rotatable bonds is 6. The number of nitrogens with zero attached hydrogens (tertiary/aromatic N) is 4. The molecule has 0 bridgehead atoms. The summed E-state index contributed by atoms with van der Waals surface area (Å²) in [6, 6.07) is 3.51. The largest absolute Gasteiger partial charge is 0.433 e. The van der Waals surface area contributed by atoms with Gasteiger partial charge in [-0.15, -0.1) is 0 Å². The van der Waals surface area contributed by atoms with Crippen molar-refractivity contribution in [2.45, 2.75) is 26.1 Å². The summed E-state index contributed by atoms with van der Waals surface area (Å²) in [7, 11) is 0. The van der Waals surface area contributed by atoms with Crippen molar-refractivity contribution in [3.63, 3.8) is 0 Å². The fourth-order valence-electron chi connectivity index (χ4n) is 1.76. The molecular weight excluding hydrogens is 325 g/mol. The molecule has 0 saturated heterocycles. The van der Waals surface area contributed by atoms with E-state index in [1.807, 2.05) is 6.92 Å². The molecule has 0 fully saturated rings. The van der Waals surface area contributed by atoms with Gasteiger partial charge < -0.3 is 15.7 Å². The molecule has 0 radical (unpaired) electrons. The van der Waals surface area contributed by atoms with Crippen molar-refractivity contribution in [1.29, 1.82) is 0 Å². The molecule has 3 N–H and O–H groups in total. The number of halogens is 3. The second kappa shape index (κ2) is 7.39. The van der Waals surface area contributed by atoms with Crippen LogP contribution in [0, 0.1) is 0 Å². The number of nitrogens with one attached hydrogen (secondary N) is 2. The zero-order chi connectivity index (χ0) is 17.7. The van der Waals surface area contributed by atoms with Gasteiger partial charge in [0, 0.05) is 13.1 Å². The third kappa shape index (κ3) is 4.75. The van der Waals surface area contributed by atoms with Crippen molar-refractivity contribution < 1.29 is 18.3 Å². The van der Waals surface area contributed by atoms with Crippen molar-refractivity contribution in [3.8, 4) is 11.5 Å². The molecule has 0 saturated carbocycles. The SMILES string of the molecule is CCNc1nc(NCC(C)O)nc(-c2cccc(C(F)(F)F)n2)n1. The fraction of sp³-hybridized carbons (Fsp3) is 0.429. The first-order valence-corrected chi connectivity index (χ1v) is 7.26. The maximum Gasteiger partial charge on any atom is 0.433 e. The minimum absolute atomic E-state index is 0.000132. The van der Waals surface area contributed by atoms with Crippen molar-refractivity contribution in [2.24, 2.45) is 0 Å². The standard InChI is InChI=1S/C14H17F3N6O/c1-3-18-12-21-11(22-13(23-12)19-7-8(2)24)9-5-4-6-10(20-9)14(15,16)17/h4-6,8,24H,3,7H2,1-2H3,(H2,18,19,21,22,23). The Bertz CT molecular complexity index is 692. The van der Waals surface area contributed by atoms with Crippen molar-refractivity contribution >= 4 is 11.9 Å². The lowest BCUT2D eigenvalue weighted by Crippen LogP contribution is -2.18. The van der Waals surface area contributed by atoms with Gasteiger partial charge in [0.15, 0.2) is 5.82 Å². The number of hydrogen-bond acceptors (Lipinski definition) is 7. The predicted octanol–water partition coefficient (Wildman–Crippen LogP) is 2.18. The first kappa shape index (κ1) is 17.9. The number of aliphatic hydroxyl groups is 1. The molecule has 130 valence electrons. The van der Waals surface area contributed by atoms with Gasteiger partial charge in [-0.25, -0.2) is 4.98 Å². The van der Waals surface area contributed by atoms with E-state index >= 15 is 0 Å². The smallest absolute Gasteiger partial charge is 0.392 e. The van der Waals surface area contributed by atoms with Gasteiger partial charge in [-0.05, 0) is 26.0 Å². The highest BCUT2D eigenvalue weighted by Gasteiger charge is 2.32. The lowest BCUT2D eigenvalue weighted by Gasteiger charge is -2.11. The van der Waals surface area contributed by atoms with Crippen LogP contribution in [0.1, 0.15) is 19.5 Å². The zero-order valence-corrected chi connectivity index (χ0v) is 13.1. The molecule has 24 heavy (non-hydrogen) atoms. The van der Waals surface area contributed by atoms with E-state index in [-0.39, 0.29) is 30.0 Å². The Morgan fingerprint density at radius 3 is 2.33 bits per heavy atom. The summed E-state index contributed by atoms with van der Waals surface area (Å²) in [5.74, 6) is 0.339. The van der Waals surface area contributed by atoms with Crippen LogP contribution in [0.3, 0.4) is 0 Å². The molecule has 0 aliphatic carbocycles. The Hall–Kier alpha value is -2.49. The van der Waals surface area contributed by atoms with E-state index in [4.69, 9.17) is 0 Å². The Labute approximate surface area is 136 Å². The van der Waals surface area contributed by atoms with Gasteiger partial charge >= 0.3 is 6.18 Å². The van der Waals surface area contributed by atoms with Gasteiger partial charge in [0.2, 0.25) is 11.9 Å². The number of anilines is 2.